The summed E-state index contributed by atoms with van der Waals surface area (Å²) in [4.78, 5) is 10.8. The number of rotatable bonds is 3. The molecule has 1 aromatic heterocycles. The Kier molecular flexibility index (Phi) is 3.22. The molecular formula is C12H13BrN2O2. The first-order valence-corrected chi connectivity index (χ1v) is 6.00. The molecule has 0 radical (unpaired) electrons. The Bertz CT molecular complexity index is 577. The number of halogens is 1. The second kappa shape index (κ2) is 4.50. The molecule has 5 heteroatoms. The summed E-state index contributed by atoms with van der Waals surface area (Å²) in [7, 11) is 1.94. The van der Waals surface area contributed by atoms with Crippen LogP contribution in [-0.4, -0.2) is 21.7 Å². The number of carboxylic acid groups (broad SMARTS) is 1. The largest absolute Gasteiger partial charge is 0.480 e. The maximum absolute atomic E-state index is 10.8. The lowest BCUT2D eigenvalue weighted by Gasteiger charge is -2.04. The van der Waals surface area contributed by atoms with Crippen LogP contribution in [0.5, 0.6) is 0 Å². The first-order chi connectivity index (χ1) is 7.99. The lowest BCUT2D eigenvalue weighted by molar-refractivity contribution is -0.138. The van der Waals surface area contributed by atoms with Gasteiger partial charge in [0.25, 0.3) is 0 Å². The molecule has 0 aliphatic carbocycles. The highest BCUT2D eigenvalue weighted by Gasteiger charge is 2.15. The lowest BCUT2D eigenvalue weighted by Crippen LogP contribution is -2.32. The van der Waals surface area contributed by atoms with E-state index in [0.717, 1.165) is 20.9 Å². The van der Waals surface area contributed by atoms with E-state index < -0.39 is 12.0 Å². The molecule has 2 rings (SSSR count). The van der Waals surface area contributed by atoms with E-state index in [0.29, 0.717) is 6.42 Å². The summed E-state index contributed by atoms with van der Waals surface area (Å²) in [6.07, 6.45) is 2.27. The number of nitrogens with zero attached hydrogens (tertiary/aromatic N) is 1. The number of aryl methyl sites for hydroxylation is 1. The van der Waals surface area contributed by atoms with Gasteiger partial charge in [-0.1, -0.05) is 15.9 Å². The summed E-state index contributed by atoms with van der Waals surface area (Å²) in [5.74, 6) is -0.975. The molecule has 0 spiro atoms. The SMILES string of the molecule is Cn1cc(CC(N)C(=O)O)c2cc(Br)ccc21. The summed E-state index contributed by atoms with van der Waals surface area (Å²) < 4.78 is 2.95. The molecule has 0 saturated heterocycles. The Morgan fingerprint density at radius 1 is 1.59 bits per heavy atom. The average molecular weight is 297 g/mol. The van der Waals surface area contributed by atoms with Crippen molar-refractivity contribution in [1.82, 2.24) is 4.57 Å². The molecule has 0 fully saturated rings. The van der Waals surface area contributed by atoms with Gasteiger partial charge in [0.2, 0.25) is 0 Å². The van der Waals surface area contributed by atoms with Gasteiger partial charge in [-0.25, -0.2) is 0 Å². The van der Waals surface area contributed by atoms with Crippen LogP contribution in [0.15, 0.2) is 28.9 Å². The van der Waals surface area contributed by atoms with Gasteiger partial charge in [0, 0.05) is 35.0 Å². The van der Waals surface area contributed by atoms with Crippen LogP contribution >= 0.6 is 15.9 Å². The maximum atomic E-state index is 10.8. The molecule has 90 valence electrons. The number of aromatic nitrogens is 1. The lowest BCUT2D eigenvalue weighted by atomic mass is 10.1. The summed E-state index contributed by atoms with van der Waals surface area (Å²) in [6.45, 7) is 0. The van der Waals surface area contributed by atoms with Crippen LogP contribution in [0.3, 0.4) is 0 Å². The van der Waals surface area contributed by atoms with Gasteiger partial charge in [-0.3, -0.25) is 4.79 Å². The van der Waals surface area contributed by atoms with Crippen molar-refractivity contribution in [2.24, 2.45) is 12.8 Å². The predicted octanol–water partition coefficient (Wildman–Crippen LogP) is 1.90. The van der Waals surface area contributed by atoms with Crippen molar-refractivity contribution in [3.8, 4) is 0 Å². The minimum Gasteiger partial charge on any atom is -0.480 e. The van der Waals surface area contributed by atoms with Gasteiger partial charge in [0.1, 0.15) is 6.04 Å². The molecule has 4 nitrogen and oxygen atoms in total. The zero-order valence-electron chi connectivity index (χ0n) is 9.35. The fourth-order valence-electron chi connectivity index (χ4n) is 1.93. The van der Waals surface area contributed by atoms with Crippen LogP contribution in [0.2, 0.25) is 0 Å². The molecule has 1 unspecified atom stereocenters. The second-order valence-electron chi connectivity index (χ2n) is 4.08. The first kappa shape index (κ1) is 12.1. The number of fused-ring (bicyclic) bond motifs is 1. The van der Waals surface area contributed by atoms with E-state index in [1.807, 2.05) is 36.0 Å². The van der Waals surface area contributed by atoms with E-state index in [9.17, 15) is 4.79 Å². The molecule has 1 heterocycles. The van der Waals surface area contributed by atoms with Crippen LogP contribution in [0.4, 0.5) is 0 Å². The quantitative estimate of drug-likeness (QED) is 0.909. The van der Waals surface area contributed by atoms with Gasteiger partial charge in [-0.2, -0.15) is 0 Å². The molecule has 0 saturated carbocycles. The number of hydrogen-bond donors (Lipinski definition) is 2. The molecular weight excluding hydrogens is 284 g/mol. The van der Waals surface area contributed by atoms with E-state index in [-0.39, 0.29) is 0 Å². The molecule has 3 N–H and O–H groups in total. The highest BCUT2D eigenvalue weighted by Crippen LogP contribution is 2.25. The van der Waals surface area contributed by atoms with Crippen molar-refractivity contribution in [1.29, 1.82) is 0 Å². The topological polar surface area (TPSA) is 68.2 Å². The van der Waals surface area contributed by atoms with Crippen molar-refractivity contribution >= 4 is 32.8 Å². The minimum absolute atomic E-state index is 0.336. The first-order valence-electron chi connectivity index (χ1n) is 5.21. The highest BCUT2D eigenvalue weighted by molar-refractivity contribution is 9.10. The highest BCUT2D eigenvalue weighted by atomic mass is 79.9. The maximum Gasteiger partial charge on any atom is 0.320 e. The third-order valence-corrected chi connectivity index (χ3v) is 3.28. The zero-order valence-corrected chi connectivity index (χ0v) is 10.9. The van der Waals surface area contributed by atoms with E-state index in [1.165, 1.54) is 0 Å². The van der Waals surface area contributed by atoms with Crippen LogP contribution < -0.4 is 5.73 Å². The Morgan fingerprint density at radius 2 is 2.29 bits per heavy atom. The molecule has 2 aromatic rings. The van der Waals surface area contributed by atoms with Crippen molar-refractivity contribution in [2.45, 2.75) is 12.5 Å². The van der Waals surface area contributed by atoms with Crippen LogP contribution in [0.25, 0.3) is 10.9 Å². The van der Waals surface area contributed by atoms with Gasteiger partial charge in [-0.15, -0.1) is 0 Å². The van der Waals surface area contributed by atoms with Crippen molar-refractivity contribution < 1.29 is 9.90 Å². The normalized spacial score (nSPS) is 12.9. The number of carbonyl (C=O) groups is 1. The van der Waals surface area contributed by atoms with E-state index in [1.54, 1.807) is 0 Å². The minimum atomic E-state index is -0.975. The third-order valence-electron chi connectivity index (χ3n) is 2.79. The van der Waals surface area contributed by atoms with Gasteiger partial charge in [0.15, 0.2) is 0 Å². The summed E-state index contributed by atoms with van der Waals surface area (Å²) >= 11 is 3.41. The number of benzene rings is 1. The second-order valence-corrected chi connectivity index (χ2v) is 4.99. The predicted molar refractivity (Wildman–Crippen MR) is 69.9 cm³/mol. The van der Waals surface area contributed by atoms with Crippen LogP contribution in [0.1, 0.15) is 5.56 Å². The fourth-order valence-corrected chi connectivity index (χ4v) is 2.29. The van der Waals surface area contributed by atoms with Crippen molar-refractivity contribution in [3.63, 3.8) is 0 Å². The molecule has 0 aliphatic heterocycles. The van der Waals surface area contributed by atoms with Gasteiger partial charge >= 0.3 is 5.97 Å². The standard InChI is InChI=1S/C12H13BrN2O2/c1-15-6-7(4-10(14)12(16)17)9-5-8(13)2-3-11(9)15/h2-3,5-6,10H,4,14H2,1H3,(H,16,17). The van der Waals surface area contributed by atoms with Crippen molar-refractivity contribution in [3.05, 3.63) is 34.4 Å². The number of carboxylic acids is 1. The molecule has 1 atom stereocenters. The van der Waals surface area contributed by atoms with Crippen molar-refractivity contribution in [2.75, 3.05) is 0 Å². The van der Waals surface area contributed by atoms with Gasteiger partial charge < -0.3 is 15.4 Å². The molecule has 0 bridgehead atoms. The molecule has 1 aromatic carbocycles. The average Bonchev–Trinajstić information content (AvgIpc) is 2.55. The van der Waals surface area contributed by atoms with Crippen LogP contribution in [0, 0.1) is 0 Å². The zero-order chi connectivity index (χ0) is 12.6. The Labute approximate surface area is 107 Å². The monoisotopic (exact) mass is 296 g/mol. The van der Waals surface area contributed by atoms with Gasteiger partial charge in [-0.05, 0) is 23.8 Å². The van der Waals surface area contributed by atoms with E-state index >= 15 is 0 Å². The summed E-state index contributed by atoms with van der Waals surface area (Å²) in [5.41, 5.74) is 7.59. The van der Waals surface area contributed by atoms with E-state index in [2.05, 4.69) is 15.9 Å². The number of hydrogen-bond acceptors (Lipinski definition) is 2. The van der Waals surface area contributed by atoms with E-state index in [4.69, 9.17) is 10.8 Å². The summed E-state index contributed by atoms with van der Waals surface area (Å²) in [6, 6.07) is 5.08. The number of aliphatic carboxylic acids is 1. The summed E-state index contributed by atoms with van der Waals surface area (Å²) in [5, 5.41) is 9.88. The number of nitrogens with two attached hydrogens (primary N) is 1. The van der Waals surface area contributed by atoms with Gasteiger partial charge in [0.05, 0.1) is 0 Å². The smallest absolute Gasteiger partial charge is 0.320 e. The Hall–Kier alpha value is -1.33. The third kappa shape index (κ3) is 2.35. The van der Waals surface area contributed by atoms with Crippen LogP contribution in [-0.2, 0) is 18.3 Å². The molecule has 0 aliphatic rings. The molecule has 0 amide bonds. The fraction of sp³-hybridized carbons (Fsp3) is 0.250. The Balaban J connectivity index is 2.47. The Morgan fingerprint density at radius 3 is 2.94 bits per heavy atom. The molecule has 17 heavy (non-hydrogen) atoms.